The van der Waals surface area contributed by atoms with Gasteiger partial charge in [0.1, 0.15) is 5.60 Å². The molecule has 0 radical (unpaired) electrons. The van der Waals surface area contributed by atoms with Gasteiger partial charge in [0.05, 0.1) is 6.42 Å². The van der Waals surface area contributed by atoms with E-state index in [1.165, 1.54) is 0 Å². The first-order valence-corrected chi connectivity index (χ1v) is 10.3. The summed E-state index contributed by atoms with van der Waals surface area (Å²) in [6.07, 6.45) is 0.131. The molecule has 0 fully saturated rings. The van der Waals surface area contributed by atoms with Crippen molar-refractivity contribution in [3.63, 3.8) is 0 Å². The second-order valence-corrected chi connectivity index (χ2v) is 8.77. The van der Waals surface area contributed by atoms with E-state index in [-0.39, 0.29) is 18.2 Å². The summed E-state index contributed by atoms with van der Waals surface area (Å²) in [5.41, 5.74) is 2.17. The number of ether oxygens (including phenoxy) is 1. The van der Waals surface area contributed by atoms with E-state index >= 15 is 0 Å². The van der Waals surface area contributed by atoms with Gasteiger partial charge in [0.2, 0.25) is 11.8 Å². The van der Waals surface area contributed by atoms with Crippen molar-refractivity contribution in [2.24, 2.45) is 5.92 Å². The zero-order valence-corrected chi connectivity index (χ0v) is 18.7. The van der Waals surface area contributed by atoms with Crippen molar-refractivity contribution < 1.29 is 19.1 Å². The topological polar surface area (TPSA) is 96.5 Å². The molecule has 7 heteroatoms. The van der Waals surface area contributed by atoms with Gasteiger partial charge >= 0.3 is 6.09 Å². The monoisotopic (exact) mass is 425 g/mol. The summed E-state index contributed by atoms with van der Waals surface area (Å²) in [6.45, 7) is 9.37. The molecule has 0 aliphatic carbocycles. The van der Waals surface area contributed by atoms with Crippen molar-refractivity contribution in [3.05, 3.63) is 54.1 Å². The molecule has 0 aliphatic rings. The Balaban J connectivity index is 1.84. The van der Waals surface area contributed by atoms with Crippen LogP contribution in [0.1, 0.15) is 46.6 Å². The first-order chi connectivity index (χ1) is 14.5. The van der Waals surface area contributed by atoms with Gasteiger partial charge in [0, 0.05) is 23.5 Å². The van der Waals surface area contributed by atoms with Crippen LogP contribution in [0, 0.1) is 5.92 Å². The standard InChI is InChI=1S/C24H31N3O4/c1-16(2)14-21(28)25-18-10-12-19(13-11-18)26-22(29)15-17-6-8-20(9-7-17)27-23(30)31-24(3,4)5/h6-13,16H,14-15H2,1-5H3,(H,25,28)(H,26,29)(H,27,30). The molecule has 166 valence electrons. The summed E-state index contributed by atoms with van der Waals surface area (Å²) < 4.78 is 5.21. The Morgan fingerprint density at radius 1 is 0.774 bits per heavy atom. The summed E-state index contributed by atoms with van der Waals surface area (Å²) >= 11 is 0. The second kappa shape index (κ2) is 10.6. The predicted octanol–water partition coefficient (Wildman–Crippen LogP) is 5.20. The third kappa shape index (κ3) is 9.33. The number of anilines is 3. The normalized spacial score (nSPS) is 11.0. The largest absolute Gasteiger partial charge is 0.444 e. The van der Waals surface area contributed by atoms with E-state index in [1.807, 2.05) is 13.8 Å². The number of benzene rings is 2. The van der Waals surface area contributed by atoms with Gasteiger partial charge in [-0.25, -0.2) is 4.79 Å². The summed E-state index contributed by atoms with van der Waals surface area (Å²) in [6, 6.07) is 14.0. The Labute approximate surface area is 183 Å². The molecule has 0 aliphatic heterocycles. The van der Waals surface area contributed by atoms with Crippen LogP contribution >= 0.6 is 0 Å². The van der Waals surface area contributed by atoms with Crippen LogP contribution < -0.4 is 16.0 Å². The van der Waals surface area contributed by atoms with E-state index in [0.717, 1.165) is 5.56 Å². The lowest BCUT2D eigenvalue weighted by atomic mass is 10.1. The van der Waals surface area contributed by atoms with E-state index in [1.54, 1.807) is 69.3 Å². The van der Waals surface area contributed by atoms with Crippen LogP contribution in [0.15, 0.2) is 48.5 Å². The zero-order valence-electron chi connectivity index (χ0n) is 18.7. The van der Waals surface area contributed by atoms with Gasteiger partial charge in [0.25, 0.3) is 0 Å². The molecule has 0 bridgehead atoms. The number of nitrogens with one attached hydrogen (secondary N) is 3. The van der Waals surface area contributed by atoms with Crippen LogP contribution in [-0.4, -0.2) is 23.5 Å². The van der Waals surface area contributed by atoms with Crippen molar-refractivity contribution in [1.82, 2.24) is 0 Å². The number of hydrogen-bond donors (Lipinski definition) is 3. The molecule has 31 heavy (non-hydrogen) atoms. The average molecular weight is 426 g/mol. The summed E-state index contributed by atoms with van der Waals surface area (Å²) in [5.74, 6) is 0.0987. The lowest BCUT2D eigenvalue weighted by Gasteiger charge is -2.19. The first kappa shape index (κ1) is 23.9. The number of amides is 3. The lowest BCUT2D eigenvalue weighted by molar-refractivity contribution is -0.117. The number of hydrogen-bond acceptors (Lipinski definition) is 4. The van der Waals surface area contributed by atoms with E-state index in [0.29, 0.717) is 29.4 Å². The molecule has 0 spiro atoms. The Morgan fingerprint density at radius 2 is 1.23 bits per heavy atom. The first-order valence-electron chi connectivity index (χ1n) is 10.3. The third-order valence-electron chi connectivity index (χ3n) is 4.01. The van der Waals surface area contributed by atoms with Gasteiger partial charge in [-0.3, -0.25) is 14.9 Å². The number of rotatable bonds is 7. The molecular weight excluding hydrogens is 394 g/mol. The fourth-order valence-electron chi connectivity index (χ4n) is 2.74. The minimum Gasteiger partial charge on any atom is -0.444 e. The molecule has 2 rings (SSSR count). The molecule has 3 amide bonds. The van der Waals surface area contributed by atoms with E-state index in [2.05, 4.69) is 16.0 Å². The third-order valence-corrected chi connectivity index (χ3v) is 4.01. The van der Waals surface area contributed by atoms with Crippen LogP contribution in [0.25, 0.3) is 0 Å². The summed E-state index contributed by atoms with van der Waals surface area (Å²) in [7, 11) is 0. The zero-order chi connectivity index (χ0) is 23.0. The molecule has 0 heterocycles. The highest BCUT2D eigenvalue weighted by Crippen LogP contribution is 2.16. The Kier molecular flexibility index (Phi) is 8.19. The SMILES string of the molecule is CC(C)CC(=O)Nc1ccc(NC(=O)Cc2ccc(NC(=O)OC(C)(C)C)cc2)cc1. The van der Waals surface area contributed by atoms with Crippen molar-refractivity contribution in [2.45, 2.75) is 53.1 Å². The Morgan fingerprint density at radius 3 is 1.71 bits per heavy atom. The van der Waals surface area contributed by atoms with Crippen molar-refractivity contribution in [2.75, 3.05) is 16.0 Å². The molecule has 2 aromatic carbocycles. The van der Waals surface area contributed by atoms with Gasteiger partial charge in [-0.05, 0) is 68.7 Å². The van der Waals surface area contributed by atoms with Gasteiger partial charge in [0.15, 0.2) is 0 Å². The Bertz CT molecular complexity index is 898. The molecular formula is C24H31N3O4. The summed E-state index contributed by atoms with van der Waals surface area (Å²) in [5, 5.41) is 8.32. The fourth-order valence-corrected chi connectivity index (χ4v) is 2.74. The van der Waals surface area contributed by atoms with Crippen molar-refractivity contribution in [1.29, 1.82) is 0 Å². The fraction of sp³-hybridized carbons (Fsp3) is 0.375. The number of carbonyl (C=O) groups excluding carboxylic acids is 3. The van der Waals surface area contributed by atoms with Gasteiger partial charge in [-0.1, -0.05) is 26.0 Å². The number of carbonyl (C=O) groups is 3. The van der Waals surface area contributed by atoms with E-state index in [4.69, 9.17) is 4.74 Å². The maximum Gasteiger partial charge on any atom is 0.412 e. The van der Waals surface area contributed by atoms with Gasteiger partial charge < -0.3 is 15.4 Å². The van der Waals surface area contributed by atoms with Gasteiger partial charge in [-0.15, -0.1) is 0 Å². The average Bonchev–Trinajstić information content (AvgIpc) is 2.62. The van der Waals surface area contributed by atoms with Gasteiger partial charge in [-0.2, -0.15) is 0 Å². The van der Waals surface area contributed by atoms with Crippen LogP contribution in [-0.2, 0) is 20.7 Å². The van der Waals surface area contributed by atoms with Crippen LogP contribution in [0.5, 0.6) is 0 Å². The molecule has 0 aromatic heterocycles. The predicted molar refractivity (Wildman–Crippen MR) is 123 cm³/mol. The smallest absolute Gasteiger partial charge is 0.412 e. The Hall–Kier alpha value is -3.35. The molecule has 3 N–H and O–H groups in total. The minimum atomic E-state index is -0.569. The maximum atomic E-state index is 12.3. The lowest BCUT2D eigenvalue weighted by Crippen LogP contribution is -2.27. The van der Waals surface area contributed by atoms with E-state index < -0.39 is 11.7 Å². The molecule has 0 saturated carbocycles. The van der Waals surface area contributed by atoms with Crippen LogP contribution in [0.4, 0.5) is 21.9 Å². The molecule has 0 atom stereocenters. The second-order valence-electron chi connectivity index (χ2n) is 8.77. The molecule has 0 unspecified atom stereocenters. The van der Waals surface area contributed by atoms with Crippen LogP contribution in [0.2, 0.25) is 0 Å². The highest BCUT2D eigenvalue weighted by Gasteiger charge is 2.16. The minimum absolute atomic E-state index is 0.0311. The van der Waals surface area contributed by atoms with Crippen LogP contribution in [0.3, 0.4) is 0 Å². The quantitative estimate of drug-likeness (QED) is 0.568. The van der Waals surface area contributed by atoms with Crippen molar-refractivity contribution >= 4 is 35.0 Å². The highest BCUT2D eigenvalue weighted by atomic mass is 16.6. The molecule has 7 nitrogen and oxygen atoms in total. The van der Waals surface area contributed by atoms with E-state index in [9.17, 15) is 14.4 Å². The van der Waals surface area contributed by atoms with Crippen molar-refractivity contribution in [3.8, 4) is 0 Å². The molecule has 0 saturated heterocycles. The maximum absolute atomic E-state index is 12.3. The highest BCUT2D eigenvalue weighted by molar-refractivity contribution is 5.94. The molecule has 2 aromatic rings. The summed E-state index contributed by atoms with van der Waals surface area (Å²) in [4.78, 5) is 35.9.